The lowest BCUT2D eigenvalue weighted by Gasteiger charge is -2.04. The number of carbonyl (C=O) groups is 3. The van der Waals surface area contributed by atoms with E-state index < -0.39 is 11.9 Å². The van der Waals surface area contributed by atoms with E-state index in [2.05, 4.69) is 6.92 Å². The van der Waals surface area contributed by atoms with Gasteiger partial charge in [0.25, 0.3) is 0 Å². The first kappa shape index (κ1) is 20.6. The Labute approximate surface area is 147 Å². The minimum atomic E-state index is -0.781. The molecule has 0 unspecified atom stereocenters. The van der Waals surface area contributed by atoms with E-state index in [4.69, 9.17) is 14.2 Å². The molecule has 0 N–H and O–H groups in total. The Bertz CT molecular complexity index is 588. The van der Waals surface area contributed by atoms with Crippen molar-refractivity contribution in [3.05, 3.63) is 47.5 Å². The highest BCUT2D eigenvalue weighted by atomic mass is 16.6. The predicted molar refractivity (Wildman–Crippen MR) is 92.3 cm³/mol. The van der Waals surface area contributed by atoms with Gasteiger partial charge < -0.3 is 14.2 Å². The van der Waals surface area contributed by atoms with Crippen molar-refractivity contribution in [3.8, 4) is 0 Å². The molecular weight excluding hydrogens is 324 g/mol. The van der Waals surface area contributed by atoms with Gasteiger partial charge in [-0.3, -0.25) is 4.79 Å². The van der Waals surface area contributed by atoms with E-state index in [1.165, 1.54) is 0 Å². The fourth-order valence-electron chi connectivity index (χ4n) is 1.74. The summed E-state index contributed by atoms with van der Waals surface area (Å²) in [6, 6.07) is 6.94. The largest absolute Gasteiger partial charge is 0.460 e. The van der Waals surface area contributed by atoms with E-state index in [0.29, 0.717) is 18.8 Å². The van der Waals surface area contributed by atoms with Crippen molar-refractivity contribution in [1.82, 2.24) is 0 Å². The molecule has 6 heteroatoms. The maximum atomic E-state index is 11.8. The molecule has 0 radical (unpaired) electrons. The zero-order valence-electron chi connectivity index (χ0n) is 14.7. The molecule has 1 rings (SSSR count). The quantitative estimate of drug-likeness (QED) is 0.265. The third-order valence-corrected chi connectivity index (χ3v) is 3.19. The van der Waals surface area contributed by atoms with Crippen LogP contribution in [0.5, 0.6) is 0 Å². The molecule has 0 heterocycles. The molecule has 1 aromatic carbocycles. The molecule has 0 atom stereocenters. The first-order valence-electron chi connectivity index (χ1n) is 8.22. The number of unbranched alkanes of at least 4 members (excludes halogenated alkanes) is 1. The van der Waals surface area contributed by atoms with E-state index in [1.807, 2.05) is 6.92 Å². The summed E-state index contributed by atoms with van der Waals surface area (Å²) in [6.45, 7) is 4.65. The molecule has 0 aliphatic rings. The first-order valence-corrected chi connectivity index (χ1v) is 8.22. The molecule has 0 aliphatic heterocycles. The minimum Gasteiger partial charge on any atom is -0.460 e. The van der Waals surface area contributed by atoms with Gasteiger partial charge in [0.15, 0.2) is 12.4 Å². The van der Waals surface area contributed by atoms with Gasteiger partial charge in [0.2, 0.25) is 0 Å². The molecule has 0 fully saturated rings. The van der Waals surface area contributed by atoms with Crippen molar-refractivity contribution in [1.29, 1.82) is 0 Å². The summed E-state index contributed by atoms with van der Waals surface area (Å²) in [7, 11) is 0. The van der Waals surface area contributed by atoms with E-state index in [1.54, 1.807) is 24.3 Å². The Hall–Kier alpha value is -2.47. The van der Waals surface area contributed by atoms with Crippen LogP contribution in [0.4, 0.5) is 0 Å². The van der Waals surface area contributed by atoms with Crippen LogP contribution >= 0.6 is 0 Å². The zero-order chi connectivity index (χ0) is 18.5. The smallest absolute Gasteiger partial charge is 0.331 e. The van der Waals surface area contributed by atoms with Crippen molar-refractivity contribution in [3.63, 3.8) is 0 Å². The second-order valence-electron chi connectivity index (χ2n) is 5.36. The van der Waals surface area contributed by atoms with Crippen LogP contribution in [0.1, 0.15) is 35.7 Å². The minimum absolute atomic E-state index is 0.119. The topological polar surface area (TPSA) is 78.9 Å². The Morgan fingerprint density at radius 2 is 1.56 bits per heavy atom. The van der Waals surface area contributed by atoms with Gasteiger partial charge in [0, 0.05) is 24.3 Å². The van der Waals surface area contributed by atoms with Gasteiger partial charge in [0.1, 0.15) is 6.61 Å². The van der Waals surface area contributed by atoms with E-state index in [-0.39, 0.29) is 19.0 Å². The van der Waals surface area contributed by atoms with Gasteiger partial charge in [0.05, 0.1) is 6.61 Å². The van der Waals surface area contributed by atoms with Crippen molar-refractivity contribution in [2.75, 3.05) is 26.4 Å². The summed E-state index contributed by atoms with van der Waals surface area (Å²) in [5, 5.41) is 0. The lowest BCUT2D eigenvalue weighted by Crippen LogP contribution is -2.13. The molecule has 25 heavy (non-hydrogen) atoms. The molecule has 136 valence electrons. The number of aryl methyl sites for hydroxylation is 1. The summed E-state index contributed by atoms with van der Waals surface area (Å²) in [4.78, 5) is 34.7. The summed E-state index contributed by atoms with van der Waals surface area (Å²) in [5.74, 6) is -1.76. The number of Topliss-reactive ketones (excluding diaryl/α,β-unsaturated/α-hetero) is 1. The van der Waals surface area contributed by atoms with Gasteiger partial charge in [-0.1, -0.05) is 43.2 Å². The number of ketones is 1. The predicted octanol–water partition coefficient (Wildman–Crippen LogP) is 2.64. The molecular formula is C19H24O6. The fraction of sp³-hybridized carbons (Fsp3) is 0.421. The number of ether oxygens (including phenoxy) is 3. The van der Waals surface area contributed by atoms with Gasteiger partial charge in [-0.15, -0.1) is 0 Å². The van der Waals surface area contributed by atoms with Gasteiger partial charge >= 0.3 is 11.9 Å². The summed E-state index contributed by atoms with van der Waals surface area (Å²) in [5.41, 5.74) is 1.50. The Kier molecular flexibility index (Phi) is 9.85. The molecule has 0 aliphatic carbocycles. The van der Waals surface area contributed by atoms with E-state index in [9.17, 15) is 14.4 Å². The van der Waals surface area contributed by atoms with Gasteiger partial charge in [-0.2, -0.15) is 0 Å². The molecule has 0 amide bonds. The van der Waals surface area contributed by atoms with Crippen LogP contribution in [-0.2, 0) is 23.8 Å². The average molecular weight is 348 g/mol. The molecule has 0 saturated heterocycles. The molecule has 0 bridgehead atoms. The van der Waals surface area contributed by atoms with Crippen molar-refractivity contribution < 1.29 is 28.6 Å². The number of carbonyl (C=O) groups excluding carboxylic acids is 3. The van der Waals surface area contributed by atoms with E-state index >= 15 is 0 Å². The normalized spacial score (nSPS) is 10.6. The van der Waals surface area contributed by atoms with Crippen LogP contribution in [0.3, 0.4) is 0 Å². The van der Waals surface area contributed by atoms with Gasteiger partial charge in [-0.05, 0) is 13.3 Å². The highest BCUT2D eigenvalue weighted by molar-refractivity contribution is 5.99. The molecule has 0 spiro atoms. The van der Waals surface area contributed by atoms with Crippen LogP contribution < -0.4 is 0 Å². The monoisotopic (exact) mass is 348 g/mol. The van der Waals surface area contributed by atoms with E-state index in [0.717, 1.165) is 30.6 Å². The third kappa shape index (κ3) is 9.42. The maximum absolute atomic E-state index is 11.8. The van der Waals surface area contributed by atoms with Crippen molar-refractivity contribution >= 4 is 17.7 Å². The Morgan fingerprint density at radius 3 is 2.20 bits per heavy atom. The van der Waals surface area contributed by atoms with Crippen molar-refractivity contribution in [2.24, 2.45) is 0 Å². The maximum Gasteiger partial charge on any atom is 0.331 e. The Balaban J connectivity index is 2.22. The van der Waals surface area contributed by atoms with Crippen LogP contribution in [0.25, 0.3) is 0 Å². The lowest BCUT2D eigenvalue weighted by molar-refractivity contribution is -0.141. The number of rotatable bonds is 11. The fourth-order valence-corrected chi connectivity index (χ4v) is 1.74. The van der Waals surface area contributed by atoms with Crippen LogP contribution in [0.2, 0.25) is 0 Å². The zero-order valence-corrected chi connectivity index (χ0v) is 14.7. The third-order valence-electron chi connectivity index (χ3n) is 3.19. The number of esters is 2. The van der Waals surface area contributed by atoms with Crippen LogP contribution in [0, 0.1) is 6.92 Å². The second kappa shape index (κ2) is 12.0. The Morgan fingerprint density at radius 1 is 0.920 bits per heavy atom. The lowest BCUT2D eigenvalue weighted by atomic mass is 10.1. The molecule has 6 nitrogen and oxygen atoms in total. The molecule has 1 aromatic rings. The number of hydrogen-bond donors (Lipinski definition) is 0. The second-order valence-corrected chi connectivity index (χ2v) is 5.36. The average Bonchev–Trinajstić information content (AvgIpc) is 2.61. The molecule has 0 aromatic heterocycles. The summed E-state index contributed by atoms with van der Waals surface area (Å²) < 4.78 is 14.9. The highest BCUT2D eigenvalue weighted by Crippen LogP contribution is 2.04. The molecule has 0 saturated carbocycles. The van der Waals surface area contributed by atoms with Crippen molar-refractivity contribution in [2.45, 2.75) is 26.7 Å². The number of hydrogen-bond acceptors (Lipinski definition) is 6. The van der Waals surface area contributed by atoms with Gasteiger partial charge in [-0.25, -0.2) is 9.59 Å². The number of benzene rings is 1. The standard InChI is InChI=1S/C19H24O6/c1-3-4-11-23-12-13-24-18(21)9-10-19(22)25-14-17(20)16-7-5-15(2)6-8-16/h5-10H,3-4,11-14H2,1-2H3/b10-9+. The SMILES string of the molecule is CCCCOCCOC(=O)/C=C/C(=O)OCC(=O)c1ccc(C)cc1. The summed E-state index contributed by atoms with van der Waals surface area (Å²) >= 11 is 0. The summed E-state index contributed by atoms with van der Waals surface area (Å²) in [6.07, 6.45) is 3.89. The van der Waals surface area contributed by atoms with Crippen LogP contribution in [-0.4, -0.2) is 44.1 Å². The first-order chi connectivity index (χ1) is 12.0. The van der Waals surface area contributed by atoms with Crippen LogP contribution in [0.15, 0.2) is 36.4 Å². The highest BCUT2D eigenvalue weighted by Gasteiger charge is 2.08.